The summed E-state index contributed by atoms with van der Waals surface area (Å²) in [7, 11) is -3.72. The van der Waals surface area contributed by atoms with Crippen LogP contribution in [0.1, 0.15) is 6.42 Å². The van der Waals surface area contributed by atoms with E-state index in [0.29, 0.717) is 24.0 Å². The van der Waals surface area contributed by atoms with Gasteiger partial charge in [0.2, 0.25) is 10.0 Å². The molecule has 4 N–H and O–H groups in total. The highest BCUT2D eigenvalue weighted by molar-refractivity contribution is 7.89. The standard InChI is InChI=1S/C17H17N5O4S/c23-16-19-12-7-6-11(10-14(12)20-16)27(25,26)18-8-3-9-22-15-5-2-1-4-13(15)21-17(22)24/h1-2,4-7,10,18H,3,8-9H2,(H,21,24)(H2,19,20,23). The van der Waals surface area contributed by atoms with Gasteiger partial charge in [-0.1, -0.05) is 12.1 Å². The topological polar surface area (TPSA) is 133 Å². The fourth-order valence-corrected chi connectivity index (χ4v) is 4.13. The molecule has 4 rings (SSSR count). The molecule has 0 bridgehead atoms. The van der Waals surface area contributed by atoms with Gasteiger partial charge in [0, 0.05) is 13.1 Å². The Hall–Kier alpha value is -3.11. The number of nitrogens with one attached hydrogen (secondary N) is 4. The lowest BCUT2D eigenvalue weighted by molar-refractivity contribution is 0.570. The number of H-pyrrole nitrogens is 3. The van der Waals surface area contributed by atoms with Gasteiger partial charge in [-0.25, -0.2) is 22.7 Å². The lowest BCUT2D eigenvalue weighted by atomic mass is 10.3. The number of aromatic nitrogens is 4. The predicted octanol–water partition coefficient (Wildman–Crippen LogP) is 0.868. The van der Waals surface area contributed by atoms with Crippen LogP contribution in [0.25, 0.3) is 22.1 Å². The van der Waals surface area contributed by atoms with Crippen molar-refractivity contribution in [3.63, 3.8) is 0 Å². The van der Waals surface area contributed by atoms with Gasteiger partial charge in [-0.2, -0.15) is 0 Å². The van der Waals surface area contributed by atoms with Crippen LogP contribution in [-0.4, -0.2) is 34.5 Å². The first kappa shape index (κ1) is 17.3. The second kappa shape index (κ2) is 6.56. The molecule has 0 saturated heterocycles. The first-order valence-corrected chi connectivity index (χ1v) is 9.82. The summed E-state index contributed by atoms with van der Waals surface area (Å²) in [4.78, 5) is 31.2. The molecule has 10 heteroatoms. The van der Waals surface area contributed by atoms with Gasteiger partial charge in [-0.15, -0.1) is 0 Å². The van der Waals surface area contributed by atoms with Crippen molar-refractivity contribution in [2.45, 2.75) is 17.9 Å². The van der Waals surface area contributed by atoms with E-state index in [0.717, 1.165) is 11.0 Å². The predicted molar refractivity (Wildman–Crippen MR) is 101 cm³/mol. The van der Waals surface area contributed by atoms with Crippen LogP contribution in [0.15, 0.2) is 56.9 Å². The molecular weight excluding hydrogens is 370 g/mol. The summed E-state index contributed by atoms with van der Waals surface area (Å²) >= 11 is 0. The van der Waals surface area contributed by atoms with Gasteiger partial charge in [-0.3, -0.25) is 4.57 Å². The number of sulfonamides is 1. The molecule has 140 valence electrons. The van der Waals surface area contributed by atoms with Crippen molar-refractivity contribution >= 4 is 32.1 Å². The van der Waals surface area contributed by atoms with Gasteiger partial charge in [0.25, 0.3) is 0 Å². The number of hydrogen-bond acceptors (Lipinski definition) is 4. The molecule has 0 saturated carbocycles. The molecule has 0 amide bonds. The average molecular weight is 387 g/mol. The lowest BCUT2D eigenvalue weighted by Gasteiger charge is -2.07. The summed E-state index contributed by atoms with van der Waals surface area (Å²) in [5.41, 5.74) is 1.88. The van der Waals surface area contributed by atoms with Crippen molar-refractivity contribution in [2.24, 2.45) is 0 Å². The molecule has 9 nitrogen and oxygen atoms in total. The molecule has 0 spiro atoms. The number of aromatic amines is 3. The van der Waals surface area contributed by atoms with Gasteiger partial charge >= 0.3 is 11.4 Å². The van der Waals surface area contributed by atoms with Gasteiger partial charge in [0.15, 0.2) is 0 Å². The molecule has 0 aliphatic heterocycles. The van der Waals surface area contributed by atoms with Crippen LogP contribution in [0.3, 0.4) is 0 Å². The number of rotatable bonds is 6. The number of fused-ring (bicyclic) bond motifs is 2. The molecule has 4 aromatic rings. The van der Waals surface area contributed by atoms with Gasteiger partial charge in [-0.05, 0) is 36.8 Å². The van der Waals surface area contributed by atoms with Crippen LogP contribution in [0.4, 0.5) is 0 Å². The Bertz CT molecular complexity index is 1340. The smallest absolute Gasteiger partial charge is 0.306 e. The maximum atomic E-state index is 12.4. The molecule has 0 unspecified atom stereocenters. The monoisotopic (exact) mass is 387 g/mol. The average Bonchev–Trinajstić information content (AvgIpc) is 3.16. The molecule has 0 aliphatic carbocycles. The van der Waals surface area contributed by atoms with Gasteiger partial charge < -0.3 is 15.0 Å². The van der Waals surface area contributed by atoms with E-state index >= 15 is 0 Å². The van der Waals surface area contributed by atoms with Crippen molar-refractivity contribution in [2.75, 3.05) is 6.54 Å². The number of benzene rings is 2. The first-order valence-electron chi connectivity index (χ1n) is 8.33. The maximum absolute atomic E-state index is 12.4. The van der Waals surface area contributed by atoms with E-state index in [9.17, 15) is 18.0 Å². The Morgan fingerprint density at radius 1 is 0.926 bits per heavy atom. The largest absolute Gasteiger partial charge is 0.326 e. The third kappa shape index (κ3) is 3.32. The summed E-state index contributed by atoms with van der Waals surface area (Å²) in [6.07, 6.45) is 0.449. The van der Waals surface area contributed by atoms with Crippen molar-refractivity contribution in [1.29, 1.82) is 0 Å². The fourth-order valence-electron chi connectivity index (χ4n) is 3.03. The van der Waals surface area contributed by atoms with E-state index in [1.807, 2.05) is 24.3 Å². The van der Waals surface area contributed by atoms with E-state index in [1.54, 1.807) is 4.57 Å². The maximum Gasteiger partial charge on any atom is 0.326 e. The van der Waals surface area contributed by atoms with Crippen LogP contribution in [0, 0.1) is 0 Å². The zero-order chi connectivity index (χ0) is 19.0. The van der Waals surface area contributed by atoms with E-state index in [2.05, 4.69) is 19.7 Å². The quantitative estimate of drug-likeness (QED) is 0.365. The Morgan fingerprint density at radius 2 is 1.70 bits per heavy atom. The highest BCUT2D eigenvalue weighted by atomic mass is 32.2. The summed E-state index contributed by atoms with van der Waals surface area (Å²) in [5, 5.41) is 0. The molecule has 0 fully saturated rings. The number of para-hydroxylation sites is 2. The minimum absolute atomic E-state index is 0.0644. The highest BCUT2D eigenvalue weighted by Gasteiger charge is 2.15. The van der Waals surface area contributed by atoms with E-state index in [4.69, 9.17) is 0 Å². The first-order chi connectivity index (χ1) is 12.9. The molecule has 0 aliphatic rings. The van der Waals surface area contributed by atoms with E-state index < -0.39 is 15.7 Å². The van der Waals surface area contributed by atoms with Crippen LogP contribution < -0.4 is 16.1 Å². The molecule has 2 heterocycles. The molecular formula is C17H17N5O4S. The van der Waals surface area contributed by atoms with Gasteiger partial charge in [0.1, 0.15) is 0 Å². The highest BCUT2D eigenvalue weighted by Crippen LogP contribution is 2.15. The minimum atomic E-state index is -3.72. The van der Waals surface area contributed by atoms with Crippen LogP contribution in [0.2, 0.25) is 0 Å². The van der Waals surface area contributed by atoms with Crippen LogP contribution in [-0.2, 0) is 16.6 Å². The summed E-state index contributed by atoms with van der Waals surface area (Å²) < 4.78 is 29.0. The van der Waals surface area contributed by atoms with Crippen LogP contribution >= 0.6 is 0 Å². The number of imidazole rings is 2. The van der Waals surface area contributed by atoms with Crippen molar-refractivity contribution in [3.05, 3.63) is 63.4 Å². The lowest BCUT2D eigenvalue weighted by Crippen LogP contribution is -2.26. The SMILES string of the molecule is O=c1[nH]c2ccc(S(=O)(=O)NCCCn3c(=O)[nH]c4ccccc43)cc2[nH]1. The normalized spacial score (nSPS) is 12.1. The number of hydrogen-bond donors (Lipinski definition) is 4. The minimum Gasteiger partial charge on any atom is -0.306 e. The molecule has 2 aromatic heterocycles. The molecule has 0 radical (unpaired) electrons. The second-order valence-electron chi connectivity index (χ2n) is 6.14. The number of nitrogens with zero attached hydrogens (tertiary/aromatic N) is 1. The third-order valence-electron chi connectivity index (χ3n) is 4.33. The van der Waals surface area contributed by atoms with Crippen molar-refractivity contribution < 1.29 is 8.42 Å². The Labute approximate surface area is 153 Å². The summed E-state index contributed by atoms with van der Waals surface area (Å²) in [6, 6.07) is 11.7. The van der Waals surface area contributed by atoms with E-state index in [1.165, 1.54) is 18.2 Å². The third-order valence-corrected chi connectivity index (χ3v) is 5.79. The van der Waals surface area contributed by atoms with Crippen molar-refractivity contribution in [3.8, 4) is 0 Å². The fraction of sp³-hybridized carbons (Fsp3) is 0.176. The molecule has 27 heavy (non-hydrogen) atoms. The second-order valence-corrected chi connectivity index (χ2v) is 7.90. The Kier molecular flexibility index (Phi) is 4.21. The zero-order valence-corrected chi connectivity index (χ0v) is 15.0. The van der Waals surface area contributed by atoms with Crippen LogP contribution in [0.5, 0.6) is 0 Å². The summed E-state index contributed by atoms with van der Waals surface area (Å²) in [6.45, 7) is 0.561. The zero-order valence-electron chi connectivity index (χ0n) is 14.2. The van der Waals surface area contributed by atoms with Crippen molar-refractivity contribution in [1.82, 2.24) is 24.2 Å². The number of aryl methyl sites for hydroxylation is 1. The summed E-state index contributed by atoms with van der Waals surface area (Å²) in [5.74, 6) is 0. The van der Waals surface area contributed by atoms with E-state index in [-0.39, 0.29) is 17.1 Å². The molecule has 2 aromatic carbocycles. The Morgan fingerprint density at radius 3 is 2.56 bits per heavy atom. The molecule has 0 atom stereocenters. The van der Waals surface area contributed by atoms with Gasteiger partial charge in [0.05, 0.1) is 27.0 Å². The Balaban J connectivity index is 1.45.